The van der Waals surface area contributed by atoms with Gasteiger partial charge in [0.1, 0.15) is 17.2 Å². The summed E-state index contributed by atoms with van der Waals surface area (Å²) in [6.07, 6.45) is 6.02. The van der Waals surface area contributed by atoms with Gasteiger partial charge in [-0.3, -0.25) is 9.78 Å². The summed E-state index contributed by atoms with van der Waals surface area (Å²) in [5, 5.41) is 0. The lowest BCUT2D eigenvalue weighted by molar-refractivity contribution is 0.0692. The van der Waals surface area contributed by atoms with E-state index in [9.17, 15) is 4.79 Å². The molecule has 6 heteroatoms. The van der Waals surface area contributed by atoms with E-state index in [1.807, 2.05) is 41.3 Å². The number of pyridine rings is 1. The number of rotatable bonds is 5. The monoisotopic (exact) mass is 377 g/mol. The van der Waals surface area contributed by atoms with E-state index in [0.29, 0.717) is 24.6 Å². The predicted molar refractivity (Wildman–Crippen MR) is 104 cm³/mol. The van der Waals surface area contributed by atoms with Crippen LogP contribution >= 0.6 is 0 Å². The maximum Gasteiger partial charge on any atom is 0.272 e. The Morgan fingerprint density at radius 1 is 1.21 bits per heavy atom. The van der Waals surface area contributed by atoms with Crippen LogP contribution in [0.3, 0.4) is 0 Å². The number of hydrogen-bond acceptors (Lipinski definition) is 5. The number of nitrogens with zero attached hydrogens (tertiary/aromatic N) is 3. The minimum atomic E-state index is -0.0321. The molecule has 3 heterocycles. The van der Waals surface area contributed by atoms with Gasteiger partial charge in [-0.2, -0.15) is 0 Å². The molecular weight excluding hydrogens is 354 g/mol. The van der Waals surface area contributed by atoms with Crippen molar-refractivity contribution >= 4 is 5.91 Å². The minimum Gasteiger partial charge on any atom is -0.497 e. The third-order valence-electron chi connectivity index (χ3n) is 5.05. The fourth-order valence-electron chi connectivity index (χ4n) is 3.55. The molecule has 1 fully saturated rings. The second kappa shape index (κ2) is 8.25. The number of piperidine rings is 1. The summed E-state index contributed by atoms with van der Waals surface area (Å²) in [7, 11) is 1.66. The Morgan fingerprint density at radius 2 is 2.07 bits per heavy atom. The number of carbonyl (C=O) groups excluding carboxylic acids is 1. The first-order valence-corrected chi connectivity index (χ1v) is 9.51. The van der Waals surface area contributed by atoms with E-state index in [2.05, 4.69) is 9.97 Å². The number of ether oxygens (including phenoxy) is 1. The zero-order chi connectivity index (χ0) is 19.3. The fraction of sp³-hybridized carbons (Fsp3) is 0.318. The number of aromatic nitrogens is 2. The van der Waals surface area contributed by atoms with Gasteiger partial charge in [0.25, 0.3) is 5.91 Å². The highest BCUT2D eigenvalue weighted by Gasteiger charge is 2.28. The first-order valence-electron chi connectivity index (χ1n) is 9.51. The molecule has 28 heavy (non-hydrogen) atoms. The van der Waals surface area contributed by atoms with Crippen LogP contribution in [0.1, 0.15) is 46.5 Å². The number of carbonyl (C=O) groups is 1. The van der Waals surface area contributed by atoms with Gasteiger partial charge in [0.2, 0.25) is 0 Å². The fourth-order valence-corrected chi connectivity index (χ4v) is 3.55. The molecule has 1 amide bonds. The van der Waals surface area contributed by atoms with Crippen LogP contribution in [0.15, 0.2) is 59.3 Å². The molecule has 0 unspecified atom stereocenters. The molecule has 0 bridgehead atoms. The molecule has 1 atom stereocenters. The first kappa shape index (κ1) is 18.2. The smallest absolute Gasteiger partial charge is 0.272 e. The van der Waals surface area contributed by atoms with Crippen LogP contribution in [0.25, 0.3) is 0 Å². The van der Waals surface area contributed by atoms with E-state index in [4.69, 9.17) is 9.15 Å². The lowest BCUT2D eigenvalue weighted by Gasteiger charge is -2.31. The highest BCUT2D eigenvalue weighted by Crippen LogP contribution is 2.28. The molecule has 144 valence electrons. The summed E-state index contributed by atoms with van der Waals surface area (Å²) in [6, 6.07) is 13.3. The molecule has 1 aromatic carbocycles. The summed E-state index contributed by atoms with van der Waals surface area (Å²) >= 11 is 0. The second-order valence-electron chi connectivity index (χ2n) is 6.99. The van der Waals surface area contributed by atoms with Gasteiger partial charge in [0.15, 0.2) is 5.89 Å². The van der Waals surface area contributed by atoms with Gasteiger partial charge in [-0.25, -0.2) is 4.98 Å². The molecule has 0 aliphatic carbocycles. The van der Waals surface area contributed by atoms with Crippen LogP contribution in [0.5, 0.6) is 5.75 Å². The summed E-state index contributed by atoms with van der Waals surface area (Å²) in [6.45, 7) is 1.35. The highest BCUT2D eigenvalue weighted by atomic mass is 16.5. The van der Waals surface area contributed by atoms with Gasteiger partial charge < -0.3 is 14.1 Å². The summed E-state index contributed by atoms with van der Waals surface area (Å²) < 4.78 is 11.2. The van der Waals surface area contributed by atoms with Crippen LogP contribution in [-0.4, -0.2) is 41.0 Å². The van der Waals surface area contributed by atoms with Gasteiger partial charge >= 0.3 is 0 Å². The third-order valence-corrected chi connectivity index (χ3v) is 5.05. The van der Waals surface area contributed by atoms with E-state index in [1.54, 1.807) is 25.6 Å². The quantitative estimate of drug-likeness (QED) is 0.678. The minimum absolute atomic E-state index is 0.0321. The van der Waals surface area contributed by atoms with Crippen LogP contribution in [0, 0.1) is 0 Å². The average molecular weight is 377 g/mol. The molecule has 0 radical (unpaired) electrons. The van der Waals surface area contributed by atoms with Crippen LogP contribution in [0.2, 0.25) is 0 Å². The van der Waals surface area contributed by atoms with Gasteiger partial charge in [-0.15, -0.1) is 0 Å². The molecule has 1 saturated heterocycles. The van der Waals surface area contributed by atoms with E-state index in [1.165, 1.54) is 0 Å². The Labute approximate surface area is 164 Å². The van der Waals surface area contributed by atoms with Crippen LogP contribution in [0.4, 0.5) is 0 Å². The molecule has 3 aromatic rings. The molecule has 4 rings (SSSR count). The second-order valence-corrected chi connectivity index (χ2v) is 6.99. The molecule has 0 N–H and O–H groups in total. The Bertz CT molecular complexity index is 922. The lowest BCUT2D eigenvalue weighted by atomic mass is 9.97. The topological polar surface area (TPSA) is 68.5 Å². The number of amides is 1. The number of oxazole rings is 1. The molecule has 6 nitrogen and oxygen atoms in total. The van der Waals surface area contributed by atoms with Gasteiger partial charge in [-0.05, 0) is 42.7 Å². The maximum atomic E-state index is 12.7. The van der Waals surface area contributed by atoms with Crippen molar-refractivity contribution in [3.63, 3.8) is 0 Å². The van der Waals surface area contributed by atoms with E-state index in [-0.39, 0.29) is 11.8 Å². The van der Waals surface area contributed by atoms with Crippen LogP contribution < -0.4 is 4.74 Å². The Kier molecular flexibility index (Phi) is 5.37. The summed E-state index contributed by atoms with van der Waals surface area (Å²) in [5.41, 5.74) is 1.62. The molecule has 1 aliphatic heterocycles. The van der Waals surface area contributed by atoms with Crippen molar-refractivity contribution in [3.8, 4) is 5.75 Å². The van der Waals surface area contributed by atoms with Gasteiger partial charge in [0, 0.05) is 25.7 Å². The van der Waals surface area contributed by atoms with Crippen molar-refractivity contribution in [1.82, 2.24) is 14.9 Å². The highest BCUT2D eigenvalue weighted by molar-refractivity contribution is 5.92. The molecule has 2 aromatic heterocycles. The van der Waals surface area contributed by atoms with Crippen molar-refractivity contribution in [1.29, 1.82) is 0 Å². The maximum absolute atomic E-state index is 12.7. The lowest BCUT2D eigenvalue weighted by Crippen LogP contribution is -2.39. The van der Waals surface area contributed by atoms with Crippen molar-refractivity contribution in [2.45, 2.75) is 25.2 Å². The average Bonchev–Trinajstić information content (AvgIpc) is 3.23. The van der Waals surface area contributed by atoms with Gasteiger partial charge in [0.05, 0.1) is 19.2 Å². The Morgan fingerprint density at radius 3 is 2.82 bits per heavy atom. The molecule has 0 spiro atoms. The Balaban J connectivity index is 1.42. The SMILES string of the molecule is COc1ccc(Cc2cnc([C@H]3CCCN(C(=O)c4ccccn4)C3)o2)cc1. The molecule has 1 aliphatic rings. The number of benzene rings is 1. The number of methoxy groups -OCH3 is 1. The zero-order valence-electron chi connectivity index (χ0n) is 15.9. The van der Waals surface area contributed by atoms with Crippen molar-refractivity contribution in [2.24, 2.45) is 0 Å². The van der Waals surface area contributed by atoms with Crippen LogP contribution in [-0.2, 0) is 6.42 Å². The normalized spacial score (nSPS) is 16.8. The van der Waals surface area contributed by atoms with Crippen molar-refractivity contribution < 1.29 is 13.9 Å². The van der Waals surface area contributed by atoms with Crippen molar-refractivity contribution in [3.05, 3.63) is 77.8 Å². The zero-order valence-corrected chi connectivity index (χ0v) is 15.9. The largest absolute Gasteiger partial charge is 0.497 e. The van der Waals surface area contributed by atoms with Gasteiger partial charge in [-0.1, -0.05) is 18.2 Å². The third kappa shape index (κ3) is 4.06. The number of likely N-dealkylation sites (tertiary alicyclic amines) is 1. The predicted octanol–water partition coefficient (Wildman–Crippen LogP) is 3.69. The number of hydrogen-bond donors (Lipinski definition) is 0. The first-order chi connectivity index (χ1) is 13.7. The van der Waals surface area contributed by atoms with Crippen molar-refractivity contribution in [2.75, 3.05) is 20.2 Å². The van der Waals surface area contributed by atoms with E-state index in [0.717, 1.165) is 36.5 Å². The molecule has 0 saturated carbocycles. The van der Waals surface area contributed by atoms with E-state index >= 15 is 0 Å². The standard InChI is InChI=1S/C22H23N3O3/c1-27-18-9-7-16(8-10-18)13-19-14-24-21(28-19)17-5-4-12-25(15-17)22(26)20-6-2-3-11-23-20/h2-3,6-11,14,17H,4-5,12-13,15H2,1H3/t17-/m0/s1. The molecular formula is C22H23N3O3. The summed E-state index contributed by atoms with van der Waals surface area (Å²) in [4.78, 5) is 23.2. The summed E-state index contributed by atoms with van der Waals surface area (Å²) in [5.74, 6) is 2.46. The van der Waals surface area contributed by atoms with E-state index < -0.39 is 0 Å². The Hall–Kier alpha value is -3.15.